The fourth-order valence-corrected chi connectivity index (χ4v) is 1.91. The van der Waals surface area contributed by atoms with E-state index in [9.17, 15) is 0 Å². The molecule has 1 aromatic carbocycles. The van der Waals surface area contributed by atoms with Crippen LogP contribution in [0.2, 0.25) is 0 Å². The summed E-state index contributed by atoms with van der Waals surface area (Å²) in [6.45, 7) is 8.07. The number of benzene rings is 1. The van der Waals surface area contributed by atoms with Gasteiger partial charge in [-0.1, -0.05) is 32.0 Å². The quantitative estimate of drug-likeness (QED) is 0.740. The van der Waals surface area contributed by atoms with E-state index >= 15 is 0 Å². The van der Waals surface area contributed by atoms with E-state index in [2.05, 4.69) is 32.2 Å². The van der Waals surface area contributed by atoms with E-state index in [-0.39, 0.29) is 6.04 Å². The molecule has 0 aliphatic carbocycles. The van der Waals surface area contributed by atoms with Crippen LogP contribution in [0.25, 0.3) is 0 Å². The first-order valence-electron chi connectivity index (χ1n) is 7.20. The Balaban J connectivity index is 2.76. The molecule has 0 aromatic heterocycles. The summed E-state index contributed by atoms with van der Waals surface area (Å²) in [7, 11) is 1.71. The number of rotatable bonds is 9. The molecule has 0 aliphatic rings. The molecule has 0 amide bonds. The second kappa shape index (κ2) is 8.94. The zero-order chi connectivity index (χ0) is 14.1. The topological polar surface area (TPSA) is 30.5 Å². The Bertz CT molecular complexity index is 354. The Kier molecular flexibility index (Phi) is 7.53. The minimum absolute atomic E-state index is 0.185. The monoisotopic (exact) mass is 265 g/mol. The highest BCUT2D eigenvalue weighted by molar-refractivity contribution is 5.35. The van der Waals surface area contributed by atoms with Gasteiger partial charge in [-0.2, -0.15) is 0 Å². The summed E-state index contributed by atoms with van der Waals surface area (Å²) >= 11 is 0. The van der Waals surface area contributed by atoms with Crippen LogP contribution in [0.5, 0.6) is 5.75 Å². The zero-order valence-corrected chi connectivity index (χ0v) is 12.6. The number of methoxy groups -OCH3 is 1. The van der Waals surface area contributed by atoms with Gasteiger partial charge in [0, 0.05) is 5.56 Å². The van der Waals surface area contributed by atoms with Gasteiger partial charge in [0.25, 0.3) is 0 Å². The van der Waals surface area contributed by atoms with E-state index in [1.54, 1.807) is 7.11 Å². The molecule has 1 rings (SSSR count). The molecule has 1 aromatic rings. The van der Waals surface area contributed by atoms with E-state index in [4.69, 9.17) is 9.47 Å². The molecule has 0 fully saturated rings. The first-order valence-corrected chi connectivity index (χ1v) is 7.20. The molecule has 3 heteroatoms. The van der Waals surface area contributed by atoms with Gasteiger partial charge in [0.15, 0.2) is 0 Å². The van der Waals surface area contributed by atoms with E-state index in [1.165, 1.54) is 5.56 Å². The maximum Gasteiger partial charge on any atom is 0.123 e. The van der Waals surface area contributed by atoms with Crippen molar-refractivity contribution in [3.05, 3.63) is 29.8 Å². The maximum absolute atomic E-state index is 5.89. The average Bonchev–Trinajstić information content (AvgIpc) is 2.47. The normalized spacial score (nSPS) is 14.1. The number of nitrogens with one attached hydrogen (secondary N) is 1. The second-order valence-corrected chi connectivity index (χ2v) is 4.80. The van der Waals surface area contributed by atoms with Gasteiger partial charge in [0.1, 0.15) is 5.75 Å². The van der Waals surface area contributed by atoms with Crippen molar-refractivity contribution in [2.24, 2.45) is 0 Å². The number of para-hydroxylation sites is 1. The van der Waals surface area contributed by atoms with Crippen LogP contribution in [0.4, 0.5) is 0 Å². The third-order valence-electron chi connectivity index (χ3n) is 3.28. The summed E-state index contributed by atoms with van der Waals surface area (Å²) in [4.78, 5) is 0. The lowest BCUT2D eigenvalue weighted by Crippen LogP contribution is -2.28. The Labute approximate surface area is 117 Å². The Hall–Kier alpha value is -1.06. The van der Waals surface area contributed by atoms with Crippen LogP contribution in [0.1, 0.15) is 45.2 Å². The van der Waals surface area contributed by atoms with Crippen molar-refractivity contribution >= 4 is 0 Å². The summed E-state index contributed by atoms with van der Waals surface area (Å²) < 4.78 is 11.3. The predicted octanol–water partition coefficient (Wildman–Crippen LogP) is 3.55. The van der Waals surface area contributed by atoms with Crippen LogP contribution in [0.15, 0.2) is 24.3 Å². The third kappa shape index (κ3) is 5.21. The molecular formula is C16H27NO2. The molecule has 0 bridgehead atoms. The molecule has 3 nitrogen and oxygen atoms in total. The fraction of sp³-hybridized carbons (Fsp3) is 0.625. The fourth-order valence-electron chi connectivity index (χ4n) is 1.91. The summed E-state index contributed by atoms with van der Waals surface area (Å²) in [6.07, 6.45) is 2.43. The molecule has 2 unspecified atom stereocenters. The first-order chi connectivity index (χ1) is 9.22. The molecule has 0 radical (unpaired) electrons. The molecule has 0 saturated heterocycles. The third-order valence-corrected chi connectivity index (χ3v) is 3.28. The first kappa shape index (κ1) is 16.0. The van der Waals surface area contributed by atoms with Crippen LogP contribution in [-0.4, -0.2) is 26.4 Å². The smallest absolute Gasteiger partial charge is 0.123 e. The van der Waals surface area contributed by atoms with Crippen molar-refractivity contribution in [3.63, 3.8) is 0 Å². The van der Waals surface area contributed by atoms with Gasteiger partial charge < -0.3 is 14.8 Å². The summed E-state index contributed by atoms with van der Waals surface area (Å²) in [6, 6.07) is 8.33. The van der Waals surface area contributed by atoms with Crippen molar-refractivity contribution < 1.29 is 9.47 Å². The molecule has 0 saturated carbocycles. The number of hydrogen-bond donors (Lipinski definition) is 1. The summed E-state index contributed by atoms with van der Waals surface area (Å²) in [5.41, 5.74) is 1.17. The Morgan fingerprint density at radius 1 is 1.21 bits per heavy atom. The standard InChI is InChI=1S/C16H27NO2/c1-5-11-17-15(12-19-13(3)6-2)14-9-7-8-10-16(14)18-4/h7-10,13,15,17H,5-6,11-12H2,1-4H3. The van der Waals surface area contributed by atoms with Crippen molar-refractivity contribution in [3.8, 4) is 5.75 Å². The van der Waals surface area contributed by atoms with Crippen LogP contribution in [0.3, 0.4) is 0 Å². The highest BCUT2D eigenvalue weighted by atomic mass is 16.5. The van der Waals surface area contributed by atoms with E-state index < -0.39 is 0 Å². The lowest BCUT2D eigenvalue weighted by atomic mass is 10.1. The van der Waals surface area contributed by atoms with Gasteiger partial charge >= 0.3 is 0 Å². The highest BCUT2D eigenvalue weighted by Crippen LogP contribution is 2.25. The molecule has 2 atom stereocenters. The largest absolute Gasteiger partial charge is 0.496 e. The molecular weight excluding hydrogens is 238 g/mol. The van der Waals surface area contributed by atoms with Crippen molar-refractivity contribution in [2.75, 3.05) is 20.3 Å². The molecule has 108 valence electrons. The summed E-state index contributed by atoms with van der Waals surface area (Å²) in [5, 5.41) is 3.53. The van der Waals surface area contributed by atoms with E-state index in [0.29, 0.717) is 12.7 Å². The minimum atomic E-state index is 0.185. The van der Waals surface area contributed by atoms with Gasteiger partial charge in [-0.25, -0.2) is 0 Å². The molecule has 1 N–H and O–H groups in total. The minimum Gasteiger partial charge on any atom is -0.496 e. The maximum atomic E-state index is 5.89. The van der Waals surface area contributed by atoms with E-state index in [0.717, 1.165) is 25.1 Å². The van der Waals surface area contributed by atoms with Crippen molar-refractivity contribution in [1.82, 2.24) is 5.32 Å². The number of ether oxygens (including phenoxy) is 2. The SMILES string of the molecule is CCCNC(COC(C)CC)c1ccccc1OC. The van der Waals surface area contributed by atoms with Gasteiger partial charge in [0.2, 0.25) is 0 Å². The molecule has 0 aliphatic heterocycles. The second-order valence-electron chi connectivity index (χ2n) is 4.80. The van der Waals surface area contributed by atoms with Gasteiger partial charge in [-0.05, 0) is 32.4 Å². The lowest BCUT2D eigenvalue weighted by molar-refractivity contribution is 0.0470. The Morgan fingerprint density at radius 3 is 2.58 bits per heavy atom. The van der Waals surface area contributed by atoms with Crippen LogP contribution < -0.4 is 10.1 Å². The van der Waals surface area contributed by atoms with Crippen LogP contribution in [-0.2, 0) is 4.74 Å². The van der Waals surface area contributed by atoms with Crippen LogP contribution >= 0.6 is 0 Å². The zero-order valence-electron chi connectivity index (χ0n) is 12.6. The van der Waals surface area contributed by atoms with E-state index in [1.807, 2.05) is 18.2 Å². The number of hydrogen-bond acceptors (Lipinski definition) is 3. The van der Waals surface area contributed by atoms with Gasteiger partial charge in [0.05, 0.1) is 25.9 Å². The lowest BCUT2D eigenvalue weighted by Gasteiger charge is -2.23. The van der Waals surface area contributed by atoms with Crippen molar-refractivity contribution in [1.29, 1.82) is 0 Å². The van der Waals surface area contributed by atoms with Gasteiger partial charge in [-0.3, -0.25) is 0 Å². The predicted molar refractivity (Wildman–Crippen MR) is 79.7 cm³/mol. The van der Waals surface area contributed by atoms with Crippen LogP contribution in [0, 0.1) is 0 Å². The Morgan fingerprint density at radius 2 is 1.95 bits per heavy atom. The molecule has 0 spiro atoms. The van der Waals surface area contributed by atoms with Crippen molar-refractivity contribution in [2.45, 2.75) is 45.8 Å². The molecule has 19 heavy (non-hydrogen) atoms. The highest BCUT2D eigenvalue weighted by Gasteiger charge is 2.16. The average molecular weight is 265 g/mol. The van der Waals surface area contributed by atoms with Gasteiger partial charge in [-0.15, -0.1) is 0 Å². The molecule has 0 heterocycles. The summed E-state index contributed by atoms with van der Waals surface area (Å²) in [5.74, 6) is 0.920.